The number of nitrogens with zero attached hydrogens (tertiary/aromatic N) is 4. The highest BCUT2D eigenvalue weighted by Gasteiger charge is 2.62. The maximum atomic E-state index is 13.9. The van der Waals surface area contributed by atoms with Crippen molar-refractivity contribution in [1.82, 2.24) is 19.7 Å². The molecule has 43 heavy (non-hydrogen) atoms. The van der Waals surface area contributed by atoms with E-state index in [0.717, 1.165) is 27.3 Å². The summed E-state index contributed by atoms with van der Waals surface area (Å²) >= 11 is 0. The summed E-state index contributed by atoms with van der Waals surface area (Å²) in [5, 5.41) is 17.2. The van der Waals surface area contributed by atoms with Crippen LogP contribution in [0.4, 0.5) is 5.82 Å². The Balaban J connectivity index is 1.74. The SMILES string of the molecule is COC(=O)[C@H](C)N[P@](=O)(OC[C@H]1O[C@@](C#N)(c2ccc3c(N)ncnn23)[C@H](OC(C)=O)[C@@H]1OC(C)=O)Oc1ccccc1. The van der Waals surface area contributed by atoms with Crippen LogP contribution in [0.5, 0.6) is 5.75 Å². The second-order valence-corrected chi connectivity index (χ2v) is 11.0. The van der Waals surface area contributed by atoms with Gasteiger partial charge in [0.05, 0.1) is 19.4 Å². The summed E-state index contributed by atoms with van der Waals surface area (Å²) in [5.74, 6) is -2.13. The summed E-state index contributed by atoms with van der Waals surface area (Å²) < 4.78 is 48.4. The smallest absolute Gasteiger partial charge is 0.459 e. The van der Waals surface area contributed by atoms with Gasteiger partial charge in [-0.25, -0.2) is 14.1 Å². The number of ether oxygens (including phenoxy) is 4. The van der Waals surface area contributed by atoms with Crippen LogP contribution in [0.3, 0.4) is 0 Å². The Labute approximate surface area is 245 Å². The molecule has 16 nitrogen and oxygen atoms in total. The van der Waals surface area contributed by atoms with Gasteiger partial charge in [-0.1, -0.05) is 18.2 Å². The van der Waals surface area contributed by atoms with Crippen molar-refractivity contribution in [2.45, 2.75) is 50.7 Å². The maximum absolute atomic E-state index is 13.9. The number of para-hydroxylation sites is 1. The molecule has 0 unspecified atom stereocenters. The number of fused-ring (bicyclic) bond motifs is 1. The average Bonchev–Trinajstić information content (AvgIpc) is 3.52. The molecule has 0 saturated carbocycles. The molecular weight excluding hydrogens is 587 g/mol. The van der Waals surface area contributed by atoms with Gasteiger partial charge >= 0.3 is 25.7 Å². The molecule has 0 bridgehead atoms. The fraction of sp³-hybridized carbons (Fsp3) is 0.385. The zero-order valence-corrected chi connectivity index (χ0v) is 24.4. The van der Waals surface area contributed by atoms with Gasteiger partial charge in [-0.05, 0) is 31.2 Å². The summed E-state index contributed by atoms with van der Waals surface area (Å²) in [5.41, 5.74) is 4.24. The molecule has 0 spiro atoms. The number of hydrogen-bond donors (Lipinski definition) is 2. The number of nitriles is 1. The van der Waals surface area contributed by atoms with Crippen molar-refractivity contribution in [1.29, 1.82) is 5.26 Å². The van der Waals surface area contributed by atoms with Crippen molar-refractivity contribution in [2.24, 2.45) is 0 Å². The van der Waals surface area contributed by atoms with Gasteiger partial charge in [0, 0.05) is 13.8 Å². The number of aromatic nitrogens is 3. The lowest BCUT2D eigenvalue weighted by atomic mass is 9.92. The standard InChI is InChI=1S/C26H29N6O10P/c1-15(25(35)37-4)31-43(36,42-18-8-6-5-7-9-18)38-12-20-22(39-16(2)33)23(40-17(3)34)26(13-27,41-20)21-11-10-19-24(28)29-14-30-32(19)21/h5-11,14-15,20,22-23H,12H2,1-4H3,(H,31,36)(H2,28,29,30)/t15-,20+,22+,23+,26-,43-/m0/s1. The van der Waals surface area contributed by atoms with Crippen LogP contribution in [0, 0.1) is 11.3 Å². The van der Waals surface area contributed by atoms with Crippen LogP contribution in [-0.4, -0.2) is 70.6 Å². The quantitative estimate of drug-likeness (QED) is 0.178. The molecule has 17 heteroatoms. The number of anilines is 1. The molecule has 1 saturated heterocycles. The van der Waals surface area contributed by atoms with E-state index >= 15 is 0 Å². The third-order valence-corrected chi connectivity index (χ3v) is 7.95. The van der Waals surface area contributed by atoms with Gasteiger partial charge in [-0.3, -0.25) is 18.9 Å². The fourth-order valence-corrected chi connectivity index (χ4v) is 6.02. The van der Waals surface area contributed by atoms with E-state index in [1.54, 1.807) is 18.2 Å². The molecule has 6 atom stereocenters. The average molecular weight is 617 g/mol. The summed E-state index contributed by atoms with van der Waals surface area (Å²) in [6.07, 6.45) is -3.19. The molecule has 228 valence electrons. The number of methoxy groups -OCH3 is 1. The number of carbonyl (C=O) groups is 3. The number of rotatable bonds is 11. The lowest BCUT2D eigenvalue weighted by Crippen LogP contribution is -2.45. The van der Waals surface area contributed by atoms with Crippen molar-refractivity contribution in [3.05, 3.63) is 54.5 Å². The highest BCUT2D eigenvalue weighted by Crippen LogP contribution is 2.48. The van der Waals surface area contributed by atoms with E-state index in [-0.39, 0.29) is 17.3 Å². The zero-order chi connectivity index (χ0) is 31.4. The van der Waals surface area contributed by atoms with E-state index in [1.807, 2.05) is 6.07 Å². The van der Waals surface area contributed by atoms with Crippen molar-refractivity contribution in [2.75, 3.05) is 19.5 Å². The normalized spacial score (nSPS) is 23.5. The molecule has 0 amide bonds. The predicted molar refractivity (Wildman–Crippen MR) is 146 cm³/mol. The first kappa shape index (κ1) is 31.4. The van der Waals surface area contributed by atoms with Gasteiger partial charge in [-0.15, -0.1) is 0 Å². The molecular formula is C26H29N6O10P. The number of esters is 3. The second kappa shape index (κ2) is 12.8. The van der Waals surface area contributed by atoms with Crippen molar-refractivity contribution in [3.8, 4) is 11.8 Å². The van der Waals surface area contributed by atoms with E-state index in [4.69, 9.17) is 33.7 Å². The highest BCUT2D eigenvalue weighted by molar-refractivity contribution is 7.52. The molecule has 3 heterocycles. The zero-order valence-electron chi connectivity index (χ0n) is 23.5. The number of nitrogens with one attached hydrogen (secondary N) is 1. The minimum absolute atomic E-state index is 0.0751. The maximum Gasteiger partial charge on any atom is 0.459 e. The Morgan fingerprint density at radius 1 is 1.19 bits per heavy atom. The van der Waals surface area contributed by atoms with Crippen LogP contribution >= 0.6 is 7.75 Å². The molecule has 3 N–H and O–H groups in total. The third-order valence-electron chi connectivity index (χ3n) is 6.31. The summed E-state index contributed by atoms with van der Waals surface area (Å²) in [7, 11) is -3.23. The Hall–Kier alpha value is -4.55. The van der Waals surface area contributed by atoms with Gasteiger partial charge in [0.2, 0.25) is 5.60 Å². The first-order valence-corrected chi connectivity index (χ1v) is 14.3. The van der Waals surface area contributed by atoms with E-state index in [9.17, 15) is 24.2 Å². The van der Waals surface area contributed by atoms with Crippen LogP contribution < -0.4 is 15.3 Å². The Morgan fingerprint density at radius 3 is 2.51 bits per heavy atom. The molecule has 3 aromatic rings. The van der Waals surface area contributed by atoms with E-state index < -0.39 is 62.2 Å². The number of nitrogens with two attached hydrogens (primary N) is 1. The van der Waals surface area contributed by atoms with Crippen molar-refractivity contribution >= 4 is 37.0 Å². The van der Waals surface area contributed by atoms with Gasteiger partial charge in [-0.2, -0.15) is 15.4 Å². The Bertz CT molecular complexity index is 1590. The van der Waals surface area contributed by atoms with Gasteiger partial charge in [0.15, 0.2) is 18.0 Å². The molecule has 1 fully saturated rings. The highest BCUT2D eigenvalue weighted by atomic mass is 31.2. The fourth-order valence-electron chi connectivity index (χ4n) is 4.52. The lowest BCUT2D eigenvalue weighted by molar-refractivity contribution is -0.166. The summed E-state index contributed by atoms with van der Waals surface area (Å²) in [6, 6.07) is 11.9. The molecule has 4 rings (SSSR count). The van der Waals surface area contributed by atoms with Crippen LogP contribution in [0.1, 0.15) is 26.5 Å². The molecule has 2 aromatic heterocycles. The van der Waals surface area contributed by atoms with E-state index in [1.165, 1.54) is 35.7 Å². The number of hydrogen-bond acceptors (Lipinski definition) is 14. The number of nitrogen functional groups attached to an aromatic ring is 1. The number of benzene rings is 1. The minimum atomic E-state index is -4.39. The first-order valence-electron chi connectivity index (χ1n) is 12.8. The lowest BCUT2D eigenvalue weighted by Gasteiger charge is -2.28. The predicted octanol–water partition coefficient (Wildman–Crippen LogP) is 1.65. The van der Waals surface area contributed by atoms with Gasteiger partial charge in [0.1, 0.15) is 35.8 Å². The van der Waals surface area contributed by atoms with Gasteiger partial charge < -0.3 is 29.2 Å². The van der Waals surface area contributed by atoms with Crippen LogP contribution in [0.15, 0.2) is 48.8 Å². The second-order valence-electron chi connectivity index (χ2n) is 9.34. The first-order chi connectivity index (χ1) is 20.4. The molecule has 1 aliphatic heterocycles. The van der Waals surface area contributed by atoms with Crippen LogP contribution in [-0.2, 0) is 48.0 Å². The van der Waals surface area contributed by atoms with Crippen molar-refractivity contribution in [3.63, 3.8) is 0 Å². The minimum Gasteiger partial charge on any atom is -0.468 e. The molecule has 1 aliphatic rings. The largest absolute Gasteiger partial charge is 0.468 e. The number of carbonyl (C=O) groups excluding carboxylic acids is 3. The monoisotopic (exact) mass is 616 g/mol. The van der Waals surface area contributed by atoms with E-state index in [2.05, 4.69) is 15.2 Å². The van der Waals surface area contributed by atoms with E-state index in [0.29, 0.717) is 5.52 Å². The Morgan fingerprint density at radius 2 is 1.88 bits per heavy atom. The third kappa shape index (κ3) is 6.60. The summed E-state index contributed by atoms with van der Waals surface area (Å²) in [4.78, 5) is 40.5. The molecule has 1 aromatic carbocycles. The topological polar surface area (TPSA) is 216 Å². The molecule has 0 radical (unpaired) electrons. The summed E-state index contributed by atoms with van der Waals surface area (Å²) in [6.45, 7) is 2.96. The van der Waals surface area contributed by atoms with Crippen LogP contribution in [0.2, 0.25) is 0 Å². The van der Waals surface area contributed by atoms with Crippen molar-refractivity contribution < 1.29 is 46.9 Å². The van der Waals surface area contributed by atoms with Crippen LogP contribution in [0.25, 0.3) is 5.52 Å². The van der Waals surface area contributed by atoms with Gasteiger partial charge in [0.25, 0.3) is 0 Å². The molecule has 0 aliphatic carbocycles. The Kier molecular flexibility index (Phi) is 9.31.